The molecule has 0 aromatic carbocycles. The number of hydrogen-bond acceptors (Lipinski definition) is 4. The molecule has 118 valence electrons. The Morgan fingerprint density at radius 2 is 1.40 bits per heavy atom. The van der Waals surface area contributed by atoms with Crippen molar-refractivity contribution in [3.63, 3.8) is 0 Å². The lowest BCUT2D eigenvalue weighted by molar-refractivity contribution is -0.172. The molecule has 20 heavy (non-hydrogen) atoms. The Morgan fingerprint density at radius 3 is 1.65 bits per heavy atom. The maximum atomic E-state index is 12.5. The first-order valence-corrected chi connectivity index (χ1v) is 11.1. The van der Waals surface area contributed by atoms with E-state index in [0.29, 0.717) is 12.5 Å². The summed E-state index contributed by atoms with van der Waals surface area (Å²) in [5.41, 5.74) is -1.13. The van der Waals surface area contributed by atoms with E-state index >= 15 is 0 Å². The van der Waals surface area contributed by atoms with Crippen LogP contribution in [0.3, 0.4) is 0 Å². The first-order valence-electron chi connectivity index (χ1n) is 7.43. The Hall–Kier alpha value is -0.843. The summed E-state index contributed by atoms with van der Waals surface area (Å²) in [5, 5.41) is 0. The summed E-state index contributed by atoms with van der Waals surface area (Å²) in [6.45, 7) is 14.6. The molecule has 0 aliphatic carbocycles. The Balaban J connectivity index is 5.62. The van der Waals surface area contributed by atoms with E-state index in [1.807, 2.05) is 13.8 Å². The maximum absolute atomic E-state index is 12.5. The second kappa shape index (κ2) is 7.81. The molecule has 5 heteroatoms. The fourth-order valence-corrected chi connectivity index (χ4v) is 4.85. The van der Waals surface area contributed by atoms with Crippen molar-refractivity contribution in [3.05, 3.63) is 0 Å². The largest absolute Gasteiger partial charge is 0.465 e. The van der Waals surface area contributed by atoms with Gasteiger partial charge in [-0.25, -0.2) is 0 Å². The molecule has 0 radical (unpaired) electrons. The van der Waals surface area contributed by atoms with Crippen LogP contribution in [0.1, 0.15) is 34.1 Å². The number of rotatable bonds is 8. The van der Waals surface area contributed by atoms with Crippen LogP contribution in [0.2, 0.25) is 25.7 Å². The Bertz CT molecular complexity index is 313. The third-order valence-corrected chi connectivity index (χ3v) is 4.59. The van der Waals surface area contributed by atoms with E-state index in [-0.39, 0.29) is 19.1 Å². The van der Waals surface area contributed by atoms with Gasteiger partial charge >= 0.3 is 11.9 Å². The zero-order valence-electron chi connectivity index (χ0n) is 14.0. The molecule has 0 heterocycles. The number of ether oxygens (including phenoxy) is 2. The zero-order valence-corrected chi connectivity index (χ0v) is 15.0. The molecule has 0 aromatic rings. The quantitative estimate of drug-likeness (QED) is 0.391. The highest BCUT2D eigenvalue weighted by Gasteiger charge is 2.51. The second-order valence-corrected chi connectivity index (χ2v) is 12.3. The number of esters is 2. The fourth-order valence-electron chi connectivity index (χ4n) is 2.61. The third-order valence-electron chi connectivity index (χ3n) is 2.92. The topological polar surface area (TPSA) is 52.6 Å². The van der Waals surface area contributed by atoms with Crippen LogP contribution in [0.15, 0.2) is 0 Å². The van der Waals surface area contributed by atoms with E-state index in [0.717, 1.165) is 0 Å². The van der Waals surface area contributed by atoms with E-state index in [9.17, 15) is 9.59 Å². The van der Waals surface area contributed by atoms with Crippen LogP contribution in [0.5, 0.6) is 0 Å². The lowest BCUT2D eigenvalue weighted by atomic mass is 9.81. The first-order chi connectivity index (χ1) is 9.09. The molecule has 0 amide bonds. The standard InChI is InChI=1S/C15H30O4Si/c1-8-18-13(16)15(10-12(3)4,11-20(5,6)7)14(17)19-9-2/h12H,8-11H2,1-7H3. The van der Waals surface area contributed by atoms with Crippen molar-refractivity contribution in [2.45, 2.75) is 59.8 Å². The van der Waals surface area contributed by atoms with E-state index in [2.05, 4.69) is 19.6 Å². The van der Waals surface area contributed by atoms with Crippen LogP contribution >= 0.6 is 0 Å². The first kappa shape index (κ1) is 19.2. The molecule has 4 nitrogen and oxygen atoms in total. The van der Waals surface area contributed by atoms with E-state index < -0.39 is 25.4 Å². The summed E-state index contributed by atoms with van der Waals surface area (Å²) in [4.78, 5) is 25.0. The van der Waals surface area contributed by atoms with Gasteiger partial charge in [0.25, 0.3) is 0 Å². The van der Waals surface area contributed by atoms with Crippen LogP contribution in [0.4, 0.5) is 0 Å². The molecule has 0 fully saturated rings. The van der Waals surface area contributed by atoms with Crippen molar-refractivity contribution in [1.82, 2.24) is 0 Å². The van der Waals surface area contributed by atoms with Gasteiger partial charge < -0.3 is 9.47 Å². The molecular formula is C15H30O4Si. The van der Waals surface area contributed by atoms with Crippen molar-refractivity contribution in [3.8, 4) is 0 Å². The van der Waals surface area contributed by atoms with Crippen molar-refractivity contribution >= 4 is 20.0 Å². The van der Waals surface area contributed by atoms with E-state index in [1.165, 1.54) is 0 Å². The average Bonchev–Trinajstić information content (AvgIpc) is 2.25. The van der Waals surface area contributed by atoms with Gasteiger partial charge in [-0.3, -0.25) is 9.59 Å². The normalized spacial score (nSPS) is 12.4. The van der Waals surface area contributed by atoms with Crippen LogP contribution in [-0.2, 0) is 19.1 Å². The van der Waals surface area contributed by atoms with Gasteiger partial charge in [0.15, 0.2) is 5.41 Å². The minimum absolute atomic E-state index is 0.222. The molecule has 0 rings (SSSR count). The van der Waals surface area contributed by atoms with Crippen molar-refractivity contribution in [1.29, 1.82) is 0 Å². The monoisotopic (exact) mass is 302 g/mol. The highest BCUT2D eigenvalue weighted by molar-refractivity contribution is 6.76. The van der Waals surface area contributed by atoms with Crippen molar-refractivity contribution in [2.75, 3.05) is 13.2 Å². The minimum Gasteiger partial charge on any atom is -0.465 e. The summed E-state index contributed by atoms with van der Waals surface area (Å²) in [6, 6.07) is 0.565. The highest BCUT2D eigenvalue weighted by atomic mass is 28.3. The molecule has 0 bridgehead atoms. The van der Waals surface area contributed by atoms with Crippen LogP contribution in [-0.4, -0.2) is 33.2 Å². The van der Waals surface area contributed by atoms with Crippen LogP contribution < -0.4 is 0 Å². The molecule has 0 atom stereocenters. The van der Waals surface area contributed by atoms with Crippen LogP contribution in [0, 0.1) is 11.3 Å². The summed E-state index contributed by atoms with van der Waals surface area (Å²) >= 11 is 0. The SMILES string of the molecule is CCOC(=O)C(CC(C)C)(C[Si](C)(C)C)C(=O)OCC. The molecule has 0 saturated heterocycles. The molecule has 0 saturated carbocycles. The predicted octanol–water partition coefficient (Wildman–Crippen LogP) is 3.48. The summed E-state index contributed by atoms with van der Waals surface area (Å²) in [7, 11) is -1.64. The molecule has 0 aliphatic heterocycles. The number of carbonyl (C=O) groups excluding carboxylic acids is 2. The van der Waals surface area contributed by atoms with Crippen molar-refractivity contribution < 1.29 is 19.1 Å². The molecule has 0 unspecified atom stereocenters. The van der Waals surface area contributed by atoms with Gasteiger partial charge in [0.05, 0.1) is 13.2 Å². The van der Waals surface area contributed by atoms with Gasteiger partial charge in [-0.05, 0) is 32.2 Å². The van der Waals surface area contributed by atoms with E-state index in [1.54, 1.807) is 13.8 Å². The molecule has 0 aliphatic rings. The number of hydrogen-bond donors (Lipinski definition) is 0. The second-order valence-electron chi connectivity index (χ2n) is 6.86. The maximum Gasteiger partial charge on any atom is 0.323 e. The lowest BCUT2D eigenvalue weighted by Gasteiger charge is -2.35. The molecule has 0 N–H and O–H groups in total. The van der Waals surface area contributed by atoms with E-state index in [4.69, 9.17) is 9.47 Å². The predicted molar refractivity (Wildman–Crippen MR) is 83.3 cm³/mol. The number of carbonyl (C=O) groups is 2. The highest BCUT2D eigenvalue weighted by Crippen LogP contribution is 2.38. The van der Waals surface area contributed by atoms with Crippen LogP contribution in [0.25, 0.3) is 0 Å². The third kappa shape index (κ3) is 5.65. The van der Waals surface area contributed by atoms with Gasteiger partial charge in [0.2, 0.25) is 0 Å². The molecular weight excluding hydrogens is 272 g/mol. The minimum atomic E-state index is -1.64. The van der Waals surface area contributed by atoms with Gasteiger partial charge in [-0.2, -0.15) is 0 Å². The van der Waals surface area contributed by atoms with Gasteiger partial charge in [-0.1, -0.05) is 33.5 Å². The van der Waals surface area contributed by atoms with Crippen molar-refractivity contribution in [2.24, 2.45) is 11.3 Å². The Morgan fingerprint density at radius 1 is 1.00 bits per heavy atom. The Kier molecular flexibility index (Phi) is 7.48. The van der Waals surface area contributed by atoms with Gasteiger partial charge in [0.1, 0.15) is 0 Å². The summed E-state index contributed by atoms with van der Waals surface area (Å²) < 4.78 is 10.4. The van der Waals surface area contributed by atoms with Gasteiger partial charge in [0, 0.05) is 8.07 Å². The smallest absolute Gasteiger partial charge is 0.323 e. The fraction of sp³-hybridized carbons (Fsp3) is 0.867. The summed E-state index contributed by atoms with van der Waals surface area (Å²) in [5.74, 6) is -0.621. The van der Waals surface area contributed by atoms with Gasteiger partial charge in [-0.15, -0.1) is 0 Å². The summed E-state index contributed by atoms with van der Waals surface area (Å²) in [6.07, 6.45) is 0.481. The average molecular weight is 302 g/mol. The molecule has 0 spiro atoms. The lowest BCUT2D eigenvalue weighted by Crippen LogP contribution is -2.47. The zero-order chi connectivity index (χ0) is 16.0. The molecule has 0 aromatic heterocycles. The Labute approximate surface area is 124 Å².